The van der Waals surface area contributed by atoms with Crippen LogP contribution in [0.15, 0.2) is 42.5 Å². The minimum absolute atomic E-state index is 0.102. The zero-order chi connectivity index (χ0) is 15.4. The summed E-state index contributed by atoms with van der Waals surface area (Å²) in [7, 11) is 3.29. The molecule has 0 amide bonds. The van der Waals surface area contributed by atoms with Crippen molar-refractivity contribution in [2.75, 3.05) is 20.8 Å². The maximum absolute atomic E-state index is 5.85. The third-order valence-electron chi connectivity index (χ3n) is 3.41. The van der Waals surface area contributed by atoms with Crippen LogP contribution in [0.1, 0.15) is 0 Å². The van der Waals surface area contributed by atoms with E-state index in [1.807, 2.05) is 42.5 Å². The van der Waals surface area contributed by atoms with Gasteiger partial charge in [0.2, 0.25) is 0 Å². The Balaban J connectivity index is 1.87. The van der Waals surface area contributed by atoms with E-state index in [2.05, 4.69) is 16.4 Å². The van der Waals surface area contributed by atoms with Crippen molar-refractivity contribution in [3.63, 3.8) is 0 Å². The van der Waals surface area contributed by atoms with Gasteiger partial charge in [-0.25, -0.2) is 10.9 Å². The highest BCUT2D eigenvalue weighted by atomic mass is 16.5. The minimum Gasteiger partial charge on any atom is -0.497 e. The van der Waals surface area contributed by atoms with E-state index in [-0.39, 0.29) is 6.23 Å². The fourth-order valence-electron chi connectivity index (χ4n) is 2.28. The lowest BCUT2D eigenvalue weighted by Gasteiger charge is -2.14. The first kappa shape index (κ1) is 14.6. The third-order valence-corrected chi connectivity index (χ3v) is 3.41. The molecule has 1 aliphatic heterocycles. The number of methoxy groups -OCH3 is 2. The molecule has 1 fully saturated rings. The molecule has 1 aliphatic rings. The molecule has 1 atom stereocenters. The maximum Gasteiger partial charge on any atom is 0.177 e. The van der Waals surface area contributed by atoms with Crippen LogP contribution in [0.25, 0.3) is 11.1 Å². The topological polar surface area (TPSA) is 63.8 Å². The molecule has 0 saturated carbocycles. The van der Waals surface area contributed by atoms with Crippen LogP contribution in [0, 0.1) is 0 Å². The van der Waals surface area contributed by atoms with E-state index in [1.54, 1.807) is 14.2 Å². The lowest BCUT2D eigenvalue weighted by molar-refractivity contribution is 0.191. The highest BCUT2D eigenvalue weighted by Crippen LogP contribution is 2.31. The smallest absolute Gasteiger partial charge is 0.177 e. The van der Waals surface area contributed by atoms with Crippen molar-refractivity contribution in [1.82, 2.24) is 16.4 Å². The van der Waals surface area contributed by atoms with Crippen LogP contribution in [-0.2, 0) is 0 Å². The third kappa shape index (κ3) is 3.30. The van der Waals surface area contributed by atoms with Crippen molar-refractivity contribution in [2.24, 2.45) is 0 Å². The second-order valence-corrected chi connectivity index (χ2v) is 4.89. The van der Waals surface area contributed by atoms with E-state index in [0.29, 0.717) is 6.54 Å². The summed E-state index contributed by atoms with van der Waals surface area (Å²) >= 11 is 0. The predicted octanol–water partition coefficient (Wildman–Crippen LogP) is 1.69. The summed E-state index contributed by atoms with van der Waals surface area (Å²) < 4.78 is 16.5. The summed E-state index contributed by atoms with van der Waals surface area (Å²) in [4.78, 5) is 0. The molecule has 3 rings (SSSR count). The van der Waals surface area contributed by atoms with Crippen molar-refractivity contribution < 1.29 is 14.2 Å². The van der Waals surface area contributed by atoms with Crippen LogP contribution >= 0.6 is 0 Å². The van der Waals surface area contributed by atoms with Gasteiger partial charge in [-0.1, -0.05) is 12.1 Å². The van der Waals surface area contributed by atoms with Crippen molar-refractivity contribution in [3.8, 4) is 28.4 Å². The molecule has 1 unspecified atom stereocenters. The van der Waals surface area contributed by atoms with Crippen LogP contribution in [0.5, 0.6) is 17.2 Å². The second-order valence-electron chi connectivity index (χ2n) is 4.89. The van der Waals surface area contributed by atoms with Gasteiger partial charge < -0.3 is 14.2 Å². The fourth-order valence-corrected chi connectivity index (χ4v) is 2.28. The zero-order valence-corrected chi connectivity index (χ0v) is 12.6. The van der Waals surface area contributed by atoms with Crippen molar-refractivity contribution >= 4 is 0 Å². The van der Waals surface area contributed by atoms with Gasteiger partial charge in [0.25, 0.3) is 0 Å². The number of benzene rings is 2. The van der Waals surface area contributed by atoms with Gasteiger partial charge in [0, 0.05) is 6.07 Å². The first-order chi connectivity index (χ1) is 10.8. The van der Waals surface area contributed by atoms with Crippen molar-refractivity contribution in [2.45, 2.75) is 6.23 Å². The van der Waals surface area contributed by atoms with Gasteiger partial charge in [0.1, 0.15) is 17.2 Å². The average molecular weight is 301 g/mol. The van der Waals surface area contributed by atoms with Gasteiger partial charge >= 0.3 is 0 Å². The van der Waals surface area contributed by atoms with E-state index >= 15 is 0 Å². The van der Waals surface area contributed by atoms with Gasteiger partial charge in [-0.2, -0.15) is 5.53 Å². The summed E-state index contributed by atoms with van der Waals surface area (Å²) in [5.74, 6) is 2.31. The van der Waals surface area contributed by atoms with Gasteiger partial charge in [-0.3, -0.25) is 0 Å². The molecule has 0 bridgehead atoms. The molecule has 0 aliphatic carbocycles. The Bertz CT molecular complexity index is 620. The Morgan fingerprint density at radius 2 is 1.64 bits per heavy atom. The maximum atomic E-state index is 5.85. The summed E-state index contributed by atoms with van der Waals surface area (Å²) in [5, 5.41) is 0. The lowest BCUT2D eigenvalue weighted by Crippen LogP contribution is -2.36. The molecule has 22 heavy (non-hydrogen) atoms. The van der Waals surface area contributed by atoms with Crippen LogP contribution in [-0.4, -0.2) is 27.0 Å². The van der Waals surface area contributed by atoms with Crippen molar-refractivity contribution in [1.29, 1.82) is 0 Å². The molecule has 6 nitrogen and oxygen atoms in total. The van der Waals surface area contributed by atoms with E-state index < -0.39 is 0 Å². The van der Waals surface area contributed by atoms with Crippen molar-refractivity contribution in [3.05, 3.63) is 42.5 Å². The second kappa shape index (κ2) is 6.65. The number of ether oxygens (including phenoxy) is 3. The van der Waals surface area contributed by atoms with Crippen LogP contribution in [0.4, 0.5) is 0 Å². The first-order valence-electron chi connectivity index (χ1n) is 7.02. The average Bonchev–Trinajstić information content (AvgIpc) is 3.07. The minimum atomic E-state index is -0.102. The van der Waals surface area contributed by atoms with Crippen LogP contribution in [0.2, 0.25) is 0 Å². The Labute approximate surface area is 129 Å². The SMILES string of the molecule is COc1cc(OC)cc(-c2cccc(OC3CNNN3)c2)c1. The quantitative estimate of drug-likeness (QED) is 0.781. The lowest BCUT2D eigenvalue weighted by atomic mass is 10.0. The molecule has 0 aromatic heterocycles. The summed E-state index contributed by atoms with van der Waals surface area (Å²) in [6.45, 7) is 0.692. The highest BCUT2D eigenvalue weighted by molar-refractivity contribution is 5.68. The van der Waals surface area contributed by atoms with Gasteiger partial charge in [0.05, 0.1) is 20.8 Å². The largest absolute Gasteiger partial charge is 0.497 e. The number of hydrogen-bond acceptors (Lipinski definition) is 6. The van der Waals surface area contributed by atoms with E-state index in [9.17, 15) is 0 Å². The van der Waals surface area contributed by atoms with E-state index in [4.69, 9.17) is 14.2 Å². The fraction of sp³-hybridized carbons (Fsp3) is 0.250. The number of hydrogen-bond donors (Lipinski definition) is 3. The molecular weight excluding hydrogens is 282 g/mol. The molecule has 3 N–H and O–H groups in total. The number of rotatable bonds is 5. The summed E-state index contributed by atoms with van der Waals surface area (Å²) in [6.07, 6.45) is -0.102. The highest BCUT2D eigenvalue weighted by Gasteiger charge is 2.14. The molecule has 6 heteroatoms. The monoisotopic (exact) mass is 301 g/mol. The first-order valence-corrected chi connectivity index (χ1v) is 7.02. The zero-order valence-electron chi connectivity index (χ0n) is 12.6. The van der Waals surface area contributed by atoms with Gasteiger partial charge in [0.15, 0.2) is 6.23 Å². The Morgan fingerprint density at radius 3 is 2.27 bits per heavy atom. The number of nitrogens with one attached hydrogen (secondary N) is 3. The number of hydrazine groups is 2. The molecule has 2 aromatic carbocycles. The molecule has 2 aromatic rings. The standard InChI is InChI=1S/C16H19N3O3/c1-20-14-7-12(8-15(9-14)21-2)11-4-3-5-13(6-11)22-16-10-17-19-18-16/h3-9,16-19H,10H2,1-2H3. The summed E-state index contributed by atoms with van der Waals surface area (Å²) in [6, 6.07) is 13.7. The van der Waals surface area contributed by atoms with Gasteiger partial charge in [-0.15, -0.1) is 0 Å². The molecule has 1 heterocycles. The molecular formula is C16H19N3O3. The van der Waals surface area contributed by atoms with Gasteiger partial charge in [-0.05, 0) is 35.4 Å². The molecule has 0 radical (unpaired) electrons. The normalized spacial score (nSPS) is 17.3. The predicted molar refractivity (Wildman–Crippen MR) is 83.7 cm³/mol. The van der Waals surface area contributed by atoms with E-state index in [0.717, 1.165) is 28.4 Å². The van der Waals surface area contributed by atoms with Crippen LogP contribution in [0.3, 0.4) is 0 Å². The Kier molecular flexibility index (Phi) is 4.43. The van der Waals surface area contributed by atoms with Crippen LogP contribution < -0.4 is 30.6 Å². The Morgan fingerprint density at radius 1 is 0.909 bits per heavy atom. The molecule has 0 spiro atoms. The van der Waals surface area contributed by atoms with E-state index in [1.165, 1.54) is 0 Å². The molecule has 1 saturated heterocycles. The summed E-state index contributed by atoms with van der Waals surface area (Å²) in [5.41, 5.74) is 10.8. The Hall–Kier alpha value is -2.28. The molecule has 116 valence electrons.